The lowest BCUT2D eigenvalue weighted by molar-refractivity contribution is 0.146. The van der Waals surface area contributed by atoms with Crippen LogP contribution in [0.3, 0.4) is 0 Å². The maximum atomic E-state index is 5.42. The van der Waals surface area contributed by atoms with Gasteiger partial charge in [-0.3, -0.25) is 10.4 Å². The second-order valence-corrected chi connectivity index (χ2v) is 4.59. The van der Waals surface area contributed by atoms with Crippen LogP contribution in [-0.4, -0.2) is 30.7 Å². The van der Waals surface area contributed by atoms with Crippen molar-refractivity contribution in [3.8, 4) is 0 Å². The fraction of sp³-hybridized carbons (Fsp3) is 0.636. The molecule has 1 rings (SSSR count). The molecule has 1 aromatic rings. The Labute approximate surface area is 112 Å². The number of nitrogens with two attached hydrogens (primary N) is 1. The standard InChI is InChI=1S/C11H21N5OS/c1-3-17-7-4-5-14-11(16-12)15-9(2)10-13-6-8-18-10/h6,8-9H,3-5,7,12H2,1-2H3,(H2,14,15,16). The van der Waals surface area contributed by atoms with E-state index in [1.807, 2.05) is 19.2 Å². The number of rotatable bonds is 7. The minimum atomic E-state index is 0.0895. The van der Waals surface area contributed by atoms with Gasteiger partial charge < -0.3 is 10.1 Å². The van der Waals surface area contributed by atoms with Crippen molar-refractivity contribution in [2.24, 2.45) is 10.8 Å². The maximum absolute atomic E-state index is 5.42. The second kappa shape index (κ2) is 8.84. The molecule has 1 unspecified atom stereocenters. The highest BCUT2D eigenvalue weighted by Gasteiger charge is 2.09. The monoisotopic (exact) mass is 271 g/mol. The zero-order chi connectivity index (χ0) is 13.2. The van der Waals surface area contributed by atoms with Gasteiger partial charge in [-0.1, -0.05) is 0 Å². The molecular weight excluding hydrogens is 250 g/mol. The molecular formula is C11H21N5OS. The summed E-state index contributed by atoms with van der Waals surface area (Å²) >= 11 is 1.60. The van der Waals surface area contributed by atoms with Crippen LogP contribution in [0.1, 0.15) is 31.3 Å². The predicted octanol–water partition coefficient (Wildman–Crippen LogP) is 1.04. The third-order valence-electron chi connectivity index (χ3n) is 2.23. The predicted molar refractivity (Wildman–Crippen MR) is 74.4 cm³/mol. The molecule has 6 nitrogen and oxygen atoms in total. The van der Waals surface area contributed by atoms with Gasteiger partial charge in [0.2, 0.25) is 5.96 Å². The molecule has 7 heteroatoms. The summed E-state index contributed by atoms with van der Waals surface area (Å²) in [6.07, 6.45) is 2.67. The van der Waals surface area contributed by atoms with Crippen LogP contribution in [0.4, 0.5) is 0 Å². The molecule has 0 aromatic carbocycles. The number of hydrogen-bond acceptors (Lipinski definition) is 5. The van der Waals surface area contributed by atoms with Gasteiger partial charge in [-0.05, 0) is 20.3 Å². The average molecular weight is 271 g/mol. The molecule has 0 saturated carbocycles. The van der Waals surface area contributed by atoms with Gasteiger partial charge in [-0.2, -0.15) is 0 Å². The van der Waals surface area contributed by atoms with Crippen LogP contribution in [0.15, 0.2) is 16.6 Å². The Bertz CT molecular complexity index is 341. The second-order valence-electron chi connectivity index (χ2n) is 3.66. The van der Waals surface area contributed by atoms with Crippen molar-refractivity contribution in [3.63, 3.8) is 0 Å². The van der Waals surface area contributed by atoms with Crippen molar-refractivity contribution in [3.05, 3.63) is 16.6 Å². The minimum absolute atomic E-state index is 0.0895. The highest BCUT2D eigenvalue weighted by Crippen LogP contribution is 2.14. The van der Waals surface area contributed by atoms with Gasteiger partial charge >= 0.3 is 0 Å². The minimum Gasteiger partial charge on any atom is -0.382 e. The summed E-state index contributed by atoms with van der Waals surface area (Å²) < 4.78 is 5.24. The first kappa shape index (κ1) is 14.9. The summed E-state index contributed by atoms with van der Waals surface area (Å²) in [5, 5.41) is 6.13. The van der Waals surface area contributed by atoms with Crippen LogP contribution in [0.5, 0.6) is 0 Å². The summed E-state index contributed by atoms with van der Waals surface area (Å²) in [5.74, 6) is 6.00. The zero-order valence-electron chi connectivity index (χ0n) is 10.8. The molecule has 0 aliphatic heterocycles. The summed E-state index contributed by atoms with van der Waals surface area (Å²) in [5.41, 5.74) is 2.56. The number of hydrazine groups is 1. The van der Waals surface area contributed by atoms with E-state index in [9.17, 15) is 0 Å². The highest BCUT2D eigenvalue weighted by atomic mass is 32.1. The first-order valence-electron chi connectivity index (χ1n) is 6.02. The van der Waals surface area contributed by atoms with E-state index in [2.05, 4.69) is 20.7 Å². The van der Waals surface area contributed by atoms with Crippen LogP contribution >= 0.6 is 11.3 Å². The van der Waals surface area contributed by atoms with E-state index in [1.54, 1.807) is 17.5 Å². The van der Waals surface area contributed by atoms with Gasteiger partial charge in [0.1, 0.15) is 5.01 Å². The molecule has 0 radical (unpaired) electrons. The van der Waals surface area contributed by atoms with Crippen LogP contribution in [0.25, 0.3) is 0 Å². The normalized spacial score (nSPS) is 13.4. The lowest BCUT2D eigenvalue weighted by Crippen LogP contribution is -2.42. The molecule has 18 heavy (non-hydrogen) atoms. The Hall–Kier alpha value is -1.18. The van der Waals surface area contributed by atoms with Crippen molar-refractivity contribution in [2.45, 2.75) is 26.3 Å². The van der Waals surface area contributed by atoms with Gasteiger partial charge in [0.15, 0.2) is 0 Å². The number of ether oxygens (including phenoxy) is 1. The smallest absolute Gasteiger partial charge is 0.206 e. The molecule has 0 aliphatic rings. The third kappa shape index (κ3) is 5.44. The Morgan fingerprint density at radius 1 is 1.67 bits per heavy atom. The van der Waals surface area contributed by atoms with E-state index in [0.29, 0.717) is 12.5 Å². The SMILES string of the molecule is CCOCCCN=C(NN)NC(C)c1nccs1. The lowest BCUT2D eigenvalue weighted by Gasteiger charge is -2.14. The van der Waals surface area contributed by atoms with E-state index in [0.717, 1.165) is 24.6 Å². The average Bonchev–Trinajstić information content (AvgIpc) is 2.91. The van der Waals surface area contributed by atoms with Crippen molar-refractivity contribution in [2.75, 3.05) is 19.8 Å². The molecule has 0 spiro atoms. The van der Waals surface area contributed by atoms with Crippen LogP contribution in [-0.2, 0) is 4.74 Å². The molecule has 0 saturated heterocycles. The number of nitrogens with one attached hydrogen (secondary N) is 2. The van der Waals surface area contributed by atoms with E-state index < -0.39 is 0 Å². The van der Waals surface area contributed by atoms with Gasteiger partial charge in [-0.15, -0.1) is 11.3 Å². The molecule has 4 N–H and O–H groups in total. The van der Waals surface area contributed by atoms with Gasteiger partial charge in [0.25, 0.3) is 0 Å². The summed E-state index contributed by atoms with van der Waals surface area (Å²) in [7, 11) is 0. The Morgan fingerprint density at radius 3 is 3.11 bits per heavy atom. The molecule has 0 fully saturated rings. The number of aromatic nitrogens is 1. The number of nitrogens with zero attached hydrogens (tertiary/aromatic N) is 2. The number of guanidine groups is 1. The fourth-order valence-corrected chi connectivity index (χ4v) is 2.00. The molecule has 1 aromatic heterocycles. The zero-order valence-corrected chi connectivity index (χ0v) is 11.7. The van der Waals surface area contributed by atoms with Gasteiger partial charge in [-0.25, -0.2) is 10.8 Å². The van der Waals surface area contributed by atoms with Crippen molar-refractivity contribution < 1.29 is 4.74 Å². The van der Waals surface area contributed by atoms with Gasteiger partial charge in [0, 0.05) is 31.3 Å². The summed E-state index contributed by atoms with van der Waals surface area (Å²) in [4.78, 5) is 8.57. The van der Waals surface area contributed by atoms with E-state index >= 15 is 0 Å². The summed E-state index contributed by atoms with van der Waals surface area (Å²) in [6, 6.07) is 0.0895. The molecule has 0 bridgehead atoms. The number of hydrogen-bond donors (Lipinski definition) is 3. The summed E-state index contributed by atoms with van der Waals surface area (Å²) in [6.45, 7) is 6.14. The van der Waals surface area contributed by atoms with Crippen LogP contribution in [0, 0.1) is 0 Å². The number of thiazole rings is 1. The van der Waals surface area contributed by atoms with Crippen LogP contribution < -0.4 is 16.6 Å². The number of aliphatic imine (C=N–C) groups is 1. The van der Waals surface area contributed by atoms with Gasteiger partial charge in [0.05, 0.1) is 6.04 Å². The van der Waals surface area contributed by atoms with E-state index in [-0.39, 0.29) is 6.04 Å². The molecule has 0 aliphatic carbocycles. The fourth-order valence-electron chi connectivity index (χ4n) is 1.35. The quantitative estimate of drug-likeness (QED) is 0.227. The lowest BCUT2D eigenvalue weighted by atomic mass is 10.3. The Balaban J connectivity index is 2.34. The molecule has 0 amide bonds. The largest absolute Gasteiger partial charge is 0.382 e. The molecule has 1 atom stereocenters. The first-order valence-corrected chi connectivity index (χ1v) is 6.90. The van der Waals surface area contributed by atoms with Crippen molar-refractivity contribution >= 4 is 17.3 Å². The Morgan fingerprint density at radius 2 is 2.50 bits per heavy atom. The molecule has 102 valence electrons. The first-order chi connectivity index (χ1) is 8.77. The van der Waals surface area contributed by atoms with Crippen molar-refractivity contribution in [1.29, 1.82) is 0 Å². The topological polar surface area (TPSA) is 84.6 Å². The van der Waals surface area contributed by atoms with Crippen molar-refractivity contribution in [1.82, 2.24) is 15.7 Å². The maximum Gasteiger partial charge on any atom is 0.206 e. The van der Waals surface area contributed by atoms with Crippen LogP contribution in [0.2, 0.25) is 0 Å². The van der Waals surface area contributed by atoms with E-state index in [4.69, 9.17) is 10.6 Å². The van der Waals surface area contributed by atoms with E-state index in [1.165, 1.54) is 0 Å². The highest BCUT2D eigenvalue weighted by molar-refractivity contribution is 7.09. The molecule has 1 heterocycles. The third-order valence-corrected chi connectivity index (χ3v) is 3.19. The Kier molecular flexibility index (Phi) is 7.31.